The van der Waals surface area contributed by atoms with E-state index in [9.17, 15) is 19.1 Å². The largest absolute Gasteiger partial charge is 0.386 e. The van der Waals surface area contributed by atoms with Crippen molar-refractivity contribution in [3.63, 3.8) is 0 Å². The molecule has 0 saturated carbocycles. The number of likely N-dealkylation sites (N-methyl/N-ethyl adjacent to an activating group) is 1. The van der Waals surface area contributed by atoms with Crippen molar-refractivity contribution in [3.05, 3.63) is 65.0 Å². The molecule has 0 unspecified atom stereocenters. The van der Waals surface area contributed by atoms with Crippen molar-refractivity contribution < 1.29 is 19.1 Å². The first-order valence-electron chi connectivity index (χ1n) is 9.23. The van der Waals surface area contributed by atoms with Gasteiger partial charge in [0.05, 0.1) is 5.60 Å². The summed E-state index contributed by atoms with van der Waals surface area (Å²) in [7, 11) is 1.66. The molecule has 1 heterocycles. The van der Waals surface area contributed by atoms with Crippen LogP contribution in [0.4, 0.5) is 10.1 Å². The highest BCUT2D eigenvalue weighted by Gasteiger charge is 2.44. The van der Waals surface area contributed by atoms with Crippen LogP contribution in [0, 0.1) is 18.7 Å². The highest BCUT2D eigenvalue weighted by atomic mass is 19.1. The molecule has 0 spiro atoms. The van der Waals surface area contributed by atoms with E-state index in [1.165, 1.54) is 17.0 Å². The number of benzene rings is 2. The van der Waals surface area contributed by atoms with Crippen molar-refractivity contribution in [3.8, 4) is 0 Å². The number of halogens is 1. The first kappa shape index (κ1) is 20.0. The Morgan fingerprint density at radius 1 is 1.25 bits per heavy atom. The predicted octanol–water partition coefficient (Wildman–Crippen LogP) is 3.17. The molecule has 148 valence electrons. The molecule has 6 heteroatoms. The fourth-order valence-corrected chi connectivity index (χ4v) is 3.60. The molecule has 1 aliphatic heterocycles. The van der Waals surface area contributed by atoms with E-state index in [-0.39, 0.29) is 11.8 Å². The standard InChI is InChI=1S/C22H25FN2O3/c1-13-17(23)9-6-10-18(13)24-20(26)19-16(12-25(4)21(19)27)14-7-5-8-15(11-14)22(2,3)28/h5-11,16,19,28H,12H2,1-4H3,(H,24,26)/t16-,19+/m0/s1. The van der Waals surface area contributed by atoms with Crippen molar-refractivity contribution >= 4 is 17.5 Å². The number of nitrogens with zero attached hydrogens (tertiary/aromatic N) is 1. The van der Waals surface area contributed by atoms with Crippen molar-refractivity contribution in [2.75, 3.05) is 18.9 Å². The van der Waals surface area contributed by atoms with Gasteiger partial charge >= 0.3 is 0 Å². The molecule has 28 heavy (non-hydrogen) atoms. The van der Waals surface area contributed by atoms with Crippen LogP contribution in [0.2, 0.25) is 0 Å². The van der Waals surface area contributed by atoms with E-state index >= 15 is 0 Å². The maximum Gasteiger partial charge on any atom is 0.237 e. The van der Waals surface area contributed by atoms with Crippen LogP contribution >= 0.6 is 0 Å². The number of aliphatic hydroxyl groups is 1. The summed E-state index contributed by atoms with van der Waals surface area (Å²) in [5.74, 6) is -2.41. The van der Waals surface area contributed by atoms with E-state index < -0.39 is 23.2 Å². The predicted molar refractivity (Wildman–Crippen MR) is 105 cm³/mol. The Labute approximate surface area is 164 Å². The zero-order valence-electron chi connectivity index (χ0n) is 16.5. The molecule has 2 amide bonds. The van der Waals surface area contributed by atoms with Gasteiger partial charge in [0.25, 0.3) is 0 Å². The van der Waals surface area contributed by atoms with Gasteiger partial charge in [0.15, 0.2) is 0 Å². The molecule has 2 aromatic carbocycles. The second-order valence-electron chi connectivity index (χ2n) is 7.89. The smallest absolute Gasteiger partial charge is 0.237 e. The normalized spacial score (nSPS) is 19.8. The highest BCUT2D eigenvalue weighted by molar-refractivity contribution is 6.08. The molecule has 5 nitrogen and oxygen atoms in total. The molecule has 2 atom stereocenters. The molecule has 1 fully saturated rings. The van der Waals surface area contributed by atoms with Crippen LogP contribution in [-0.2, 0) is 15.2 Å². The van der Waals surface area contributed by atoms with E-state index in [4.69, 9.17) is 0 Å². The molecular weight excluding hydrogens is 359 g/mol. The Hall–Kier alpha value is -2.73. The first-order valence-corrected chi connectivity index (χ1v) is 9.23. The number of carbonyl (C=O) groups excluding carboxylic acids is 2. The maximum absolute atomic E-state index is 13.8. The van der Waals surface area contributed by atoms with Crippen LogP contribution in [0.5, 0.6) is 0 Å². The summed E-state index contributed by atoms with van der Waals surface area (Å²) < 4.78 is 13.8. The highest BCUT2D eigenvalue weighted by Crippen LogP contribution is 2.35. The monoisotopic (exact) mass is 384 g/mol. The zero-order valence-corrected chi connectivity index (χ0v) is 16.5. The minimum absolute atomic E-state index is 0.273. The van der Waals surface area contributed by atoms with Gasteiger partial charge in [-0.2, -0.15) is 0 Å². The number of rotatable bonds is 4. The van der Waals surface area contributed by atoms with Crippen LogP contribution in [0.3, 0.4) is 0 Å². The van der Waals surface area contributed by atoms with E-state index in [2.05, 4.69) is 5.32 Å². The summed E-state index contributed by atoms with van der Waals surface area (Å²) in [5.41, 5.74) is 1.19. The average molecular weight is 384 g/mol. The zero-order chi connectivity index (χ0) is 20.6. The second-order valence-corrected chi connectivity index (χ2v) is 7.89. The number of nitrogens with one attached hydrogen (secondary N) is 1. The first-order chi connectivity index (χ1) is 13.1. The maximum atomic E-state index is 13.8. The van der Waals surface area contributed by atoms with Crippen LogP contribution in [0.25, 0.3) is 0 Å². The molecule has 2 N–H and O–H groups in total. The summed E-state index contributed by atoms with van der Waals surface area (Å²) >= 11 is 0. The summed E-state index contributed by atoms with van der Waals surface area (Å²) in [6, 6.07) is 11.8. The number of amides is 2. The fourth-order valence-electron chi connectivity index (χ4n) is 3.60. The Morgan fingerprint density at radius 3 is 2.61 bits per heavy atom. The number of likely N-dealkylation sites (tertiary alicyclic amines) is 1. The minimum atomic E-state index is -1.03. The second kappa shape index (κ2) is 7.36. The van der Waals surface area contributed by atoms with E-state index in [0.29, 0.717) is 23.4 Å². The molecule has 0 aliphatic carbocycles. The topological polar surface area (TPSA) is 69.6 Å². The lowest BCUT2D eigenvalue weighted by Gasteiger charge is -2.22. The molecule has 0 aromatic heterocycles. The Morgan fingerprint density at radius 2 is 1.93 bits per heavy atom. The van der Waals surface area contributed by atoms with Crippen LogP contribution in [0.15, 0.2) is 42.5 Å². The molecular formula is C22H25FN2O3. The summed E-state index contributed by atoms with van der Waals surface area (Å²) in [6.07, 6.45) is 0. The lowest BCUT2D eigenvalue weighted by atomic mass is 9.85. The molecule has 0 radical (unpaired) electrons. The van der Waals surface area contributed by atoms with Crippen molar-refractivity contribution in [2.45, 2.75) is 32.3 Å². The van der Waals surface area contributed by atoms with Crippen molar-refractivity contribution in [2.24, 2.45) is 5.92 Å². The summed E-state index contributed by atoms with van der Waals surface area (Å²) in [5, 5.41) is 13.0. The number of carbonyl (C=O) groups is 2. The van der Waals surface area contributed by atoms with Gasteiger partial charge in [0.1, 0.15) is 11.7 Å². The third-order valence-electron chi connectivity index (χ3n) is 5.34. The van der Waals surface area contributed by atoms with Gasteiger partial charge in [-0.05, 0) is 44.0 Å². The quantitative estimate of drug-likeness (QED) is 0.796. The van der Waals surface area contributed by atoms with Gasteiger partial charge < -0.3 is 15.3 Å². The van der Waals surface area contributed by atoms with Crippen molar-refractivity contribution in [1.29, 1.82) is 0 Å². The van der Waals surface area contributed by atoms with Crippen LogP contribution in [0.1, 0.15) is 36.5 Å². The van der Waals surface area contributed by atoms with Gasteiger partial charge in [-0.25, -0.2) is 4.39 Å². The molecule has 0 bridgehead atoms. The lowest BCUT2D eigenvalue weighted by Crippen LogP contribution is -2.33. The van der Waals surface area contributed by atoms with Gasteiger partial charge in [-0.1, -0.05) is 30.3 Å². The molecule has 1 saturated heterocycles. The summed E-state index contributed by atoms with van der Waals surface area (Å²) in [6.45, 7) is 5.36. The Balaban J connectivity index is 1.93. The third kappa shape index (κ3) is 3.78. The number of hydrogen-bond acceptors (Lipinski definition) is 3. The Kier molecular flexibility index (Phi) is 5.26. The van der Waals surface area contributed by atoms with Gasteiger partial charge in [0, 0.05) is 30.8 Å². The van der Waals surface area contributed by atoms with E-state index in [1.54, 1.807) is 33.9 Å². The Bertz CT molecular complexity index is 920. The SMILES string of the molecule is Cc1c(F)cccc1NC(=O)[C@@H]1C(=O)N(C)C[C@H]1c1cccc(C(C)(C)O)c1. The van der Waals surface area contributed by atoms with Gasteiger partial charge in [-0.15, -0.1) is 0 Å². The summed E-state index contributed by atoms with van der Waals surface area (Å²) in [4.78, 5) is 27.2. The number of hydrogen-bond donors (Lipinski definition) is 2. The average Bonchev–Trinajstić information content (AvgIpc) is 2.93. The van der Waals surface area contributed by atoms with Crippen LogP contribution in [-0.4, -0.2) is 35.4 Å². The van der Waals surface area contributed by atoms with Crippen molar-refractivity contribution in [1.82, 2.24) is 4.90 Å². The minimum Gasteiger partial charge on any atom is -0.386 e. The van der Waals surface area contributed by atoms with Gasteiger partial charge in [-0.3, -0.25) is 9.59 Å². The van der Waals surface area contributed by atoms with Gasteiger partial charge in [0.2, 0.25) is 11.8 Å². The fraction of sp³-hybridized carbons (Fsp3) is 0.364. The number of anilines is 1. The molecule has 2 aromatic rings. The van der Waals surface area contributed by atoms with E-state index in [0.717, 1.165) is 5.56 Å². The molecule has 1 aliphatic rings. The lowest BCUT2D eigenvalue weighted by molar-refractivity contribution is -0.135. The van der Waals surface area contributed by atoms with Crippen LogP contribution < -0.4 is 5.32 Å². The van der Waals surface area contributed by atoms with E-state index in [1.807, 2.05) is 24.3 Å². The third-order valence-corrected chi connectivity index (χ3v) is 5.34. The molecule has 3 rings (SSSR count).